The van der Waals surface area contributed by atoms with Crippen molar-refractivity contribution in [2.75, 3.05) is 18.1 Å². The number of barbiturate groups is 1. The Labute approximate surface area is 245 Å². The third kappa shape index (κ3) is 6.66. The number of imide groups is 2. The van der Waals surface area contributed by atoms with E-state index in [0.717, 1.165) is 4.90 Å². The Morgan fingerprint density at radius 2 is 1.73 bits per heavy atom. The van der Waals surface area contributed by atoms with Crippen molar-refractivity contribution in [3.63, 3.8) is 0 Å². The van der Waals surface area contributed by atoms with E-state index in [4.69, 9.17) is 14.2 Å². The molecule has 3 aromatic rings. The molecule has 0 aliphatic carbocycles. The van der Waals surface area contributed by atoms with Crippen LogP contribution in [-0.2, 0) is 22.6 Å². The highest BCUT2D eigenvalue weighted by molar-refractivity contribution is 9.10. The normalized spacial score (nSPS) is 14.2. The van der Waals surface area contributed by atoms with Crippen LogP contribution in [0.5, 0.6) is 17.2 Å². The highest BCUT2D eigenvalue weighted by Crippen LogP contribution is 2.36. The van der Waals surface area contributed by atoms with Gasteiger partial charge >= 0.3 is 6.03 Å². The van der Waals surface area contributed by atoms with Gasteiger partial charge in [0.05, 0.1) is 23.4 Å². The molecule has 41 heavy (non-hydrogen) atoms. The van der Waals surface area contributed by atoms with Gasteiger partial charge in [-0.2, -0.15) is 0 Å². The van der Waals surface area contributed by atoms with Crippen LogP contribution < -0.4 is 24.4 Å². The fraction of sp³-hybridized carbons (Fsp3) is 0.194. The molecule has 1 heterocycles. The van der Waals surface area contributed by atoms with E-state index in [0.29, 0.717) is 45.7 Å². The van der Waals surface area contributed by atoms with Gasteiger partial charge in [0.25, 0.3) is 11.8 Å². The van der Waals surface area contributed by atoms with E-state index in [1.165, 1.54) is 18.2 Å². The van der Waals surface area contributed by atoms with Gasteiger partial charge < -0.3 is 14.2 Å². The van der Waals surface area contributed by atoms with Crippen LogP contribution in [0.4, 0.5) is 14.9 Å². The second-order valence-corrected chi connectivity index (χ2v) is 9.67. The zero-order valence-corrected chi connectivity index (χ0v) is 24.1. The number of benzene rings is 3. The van der Waals surface area contributed by atoms with Crippen molar-refractivity contribution < 1.29 is 33.0 Å². The molecule has 0 spiro atoms. The molecule has 1 aliphatic rings. The summed E-state index contributed by atoms with van der Waals surface area (Å²) in [6.07, 6.45) is 3.46. The lowest BCUT2D eigenvalue weighted by Gasteiger charge is -2.28. The molecule has 1 saturated heterocycles. The van der Waals surface area contributed by atoms with Gasteiger partial charge in [0.2, 0.25) is 0 Å². The van der Waals surface area contributed by atoms with Crippen molar-refractivity contribution in [1.29, 1.82) is 0 Å². The number of rotatable bonds is 11. The number of hydrogen-bond acceptors (Lipinski definition) is 6. The number of carbonyl (C=O) groups is 3. The molecule has 212 valence electrons. The summed E-state index contributed by atoms with van der Waals surface area (Å²) >= 11 is 3.50. The quantitative estimate of drug-likeness (QED) is 0.152. The number of carbonyl (C=O) groups excluding carboxylic acids is 3. The maximum atomic E-state index is 14.1. The Balaban J connectivity index is 1.71. The molecule has 1 aliphatic heterocycles. The number of nitrogens with zero attached hydrogens (tertiary/aromatic N) is 1. The fourth-order valence-corrected chi connectivity index (χ4v) is 4.87. The zero-order valence-electron chi connectivity index (χ0n) is 22.5. The van der Waals surface area contributed by atoms with E-state index in [1.807, 2.05) is 6.92 Å². The van der Waals surface area contributed by atoms with Gasteiger partial charge in [-0.15, -0.1) is 6.58 Å². The molecular weight excluding hydrogens is 595 g/mol. The molecule has 1 N–H and O–H groups in total. The molecule has 0 unspecified atom stereocenters. The first-order chi connectivity index (χ1) is 19.8. The molecular formula is C31H28BrFN2O6. The molecule has 0 saturated carbocycles. The third-order valence-corrected chi connectivity index (χ3v) is 6.62. The second kappa shape index (κ2) is 13.3. The Morgan fingerprint density at radius 1 is 0.976 bits per heavy atom. The minimum atomic E-state index is -0.905. The van der Waals surface area contributed by atoms with Crippen molar-refractivity contribution in [3.05, 3.63) is 99.8 Å². The number of halogens is 2. The largest absolute Gasteiger partial charge is 0.494 e. The molecule has 0 aromatic heterocycles. The summed E-state index contributed by atoms with van der Waals surface area (Å²) < 4.78 is 31.8. The number of hydrogen-bond donors (Lipinski definition) is 1. The summed E-state index contributed by atoms with van der Waals surface area (Å²) in [6.45, 7) is 8.04. The molecule has 10 heteroatoms. The van der Waals surface area contributed by atoms with E-state index in [-0.39, 0.29) is 36.0 Å². The van der Waals surface area contributed by atoms with E-state index < -0.39 is 17.8 Å². The predicted molar refractivity (Wildman–Crippen MR) is 157 cm³/mol. The van der Waals surface area contributed by atoms with Gasteiger partial charge in [-0.1, -0.05) is 24.3 Å². The van der Waals surface area contributed by atoms with E-state index >= 15 is 0 Å². The summed E-state index contributed by atoms with van der Waals surface area (Å²) in [5.74, 6) is -0.861. The number of allylic oxidation sites excluding steroid dienone is 1. The van der Waals surface area contributed by atoms with E-state index in [9.17, 15) is 18.8 Å². The van der Waals surface area contributed by atoms with Crippen LogP contribution in [0, 0.1) is 5.82 Å². The SMILES string of the molecule is C=CCc1cc(/C=C2\C(=O)NC(=O)N(c3cc(OCC)ccc3OCC)C2=O)cc(Br)c1OCc1ccccc1F. The minimum Gasteiger partial charge on any atom is -0.494 e. The van der Waals surface area contributed by atoms with Crippen LogP contribution in [0.2, 0.25) is 0 Å². The second-order valence-electron chi connectivity index (χ2n) is 8.82. The maximum absolute atomic E-state index is 14.1. The van der Waals surface area contributed by atoms with Crippen LogP contribution in [0.1, 0.15) is 30.5 Å². The Bertz CT molecular complexity index is 1540. The Morgan fingerprint density at radius 3 is 2.44 bits per heavy atom. The highest BCUT2D eigenvalue weighted by atomic mass is 79.9. The molecule has 1 fully saturated rings. The topological polar surface area (TPSA) is 94.2 Å². The lowest BCUT2D eigenvalue weighted by atomic mass is 10.0. The first-order valence-electron chi connectivity index (χ1n) is 12.9. The summed E-state index contributed by atoms with van der Waals surface area (Å²) in [5.41, 5.74) is 1.46. The van der Waals surface area contributed by atoms with Crippen molar-refractivity contribution >= 4 is 45.5 Å². The number of urea groups is 1. The van der Waals surface area contributed by atoms with Crippen LogP contribution in [0.25, 0.3) is 6.08 Å². The first-order valence-corrected chi connectivity index (χ1v) is 13.7. The monoisotopic (exact) mass is 622 g/mol. The molecule has 4 rings (SSSR count). The summed E-state index contributed by atoms with van der Waals surface area (Å²) in [6, 6.07) is 13.6. The minimum absolute atomic E-state index is 0.00319. The standard InChI is InChI=1S/C31H28BrFN2O6/c1-4-9-20-14-19(16-24(32)28(20)41-18-21-10-7-8-11-25(21)33)15-23-29(36)34-31(38)35(30(23)37)26-17-22(39-5-2)12-13-27(26)40-6-3/h4,7-8,10-17H,1,5-6,9,18H2,2-3H3,(H,34,36,38)/b23-15+. The smallest absolute Gasteiger partial charge is 0.336 e. The predicted octanol–water partition coefficient (Wildman–Crippen LogP) is 6.36. The molecule has 4 amide bonds. The van der Waals surface area contributed by atoms with Crippen LogP contribution in [0.15, 0.2) is 77.3 Å². The molecule has 0 bridgehead atoms. The van der Waals surface area contributed by atoms with Gasteiger partial charge in [-0.25, -0.2) is 14.1 Å². The van der Waals surface area contributed by atoms with Crippen LogP contribution in [0.3, 0.4) is 0 Å². The average Bonchev–Trinajstić information content (AvgIpc) is 2.93. The molecule has 0 radical (unpaired) electrons. The van der Waals surface area contributed by atoms with Crippen molar-refractivity contribution in [2.45, 2.75) is 26.9 Å². The highest BCUT2D eigenvalue weighted by Gasteiger charge is 2.38. The fourth-order valence-electron chi connectivity index (χ4n) is 4.24. The Kier molecular flexibility index (Phi) is 9.57. The van der Waals surface area contributed by atoms with Gasteiger partial charge in [0.15, 0.2) is 0 Å². The van der Waals surface area contributed by atoms with Gasteiger partial charge in [0.1, 0.15) is 35.2 Å². The zero-order chi connectivity index (χ0) is 29.5. The molecule has 3 aromatic carbocycles. The van der Waals surface area contributed by atoms with Crippen molar-refractivity contribution in [2.24, 2.45) is 0 Å². The summed E-state index contributed by atoms with van der Waals surface area (Å²) in [5, 5.41) is 2.23. The lowest BCUT2D eigenvalue weighted by Crippen LogP contribution is -2.54. The lowest BCUT2D eigenvalue weighted by molar-refractivity contribution is -0.122. The summed E-state index contributed by atoms with van der Waals surface area (Å²) in [7, 11) is 0. The molecule has 8 nitrogen and oxygen atoms in total. The third-order valence-electron chi connectivity index (χ3n) is 6.03. The maximum Gasteiger partial charge on any atom is 0.336 e. The Hall–Kier alpha value is -4.44. The van der Waals surface area contributed by atoms with E-state index in [1.54, 1.807) is 55.5 Å². The molecule has 0 atom stereocenters. The van der Waals surface area contributed by atoms with Crippen molar-refractivity contribution in [1.82, 2.24) is 5.32 Å². The van der Waals surface area contributed by atoms with Crippen LogP contribution in [-0.4, -0.2) is 31.1 Å². The first kappa shape index (κ1) is 29.5. The number of ether oxygens (including phenoxy) is 3. The van der Waals surface area contributed by atoms with Crippen molar-refractivity contribution in [3.8, 4) is 17.2 Å². The summed E-state index contributed by atoms with van der Waals surface area (Å²) in [4.78, 5) is 40.2. The van der Waals surface area contributed by atoms with Gasteiger partial charge in [0, 0.05) is 11.6 Å². The van der Waals surface area contributed by atoms with Crippen LogP contribution >= 0.6 is 15.9 Å². The number of amides is 4. The number of nitrogens with one attached hydrogen (secondary N) is 1. The van der Waals surface area contributed by atoms with E-state index in [2.05, 4.69) is 27.8 Å². The average molecular weight is 623 g/mol. The van der Waals surface area contributed by atoms with Gasteiger partial charge in [-0.3, -0.25) is 14.9 Å². The number of anilines is 1. The van der Waals surface area contributed by atoms with Gasteiger partial charge in [-0.05, 0) is 83.7 Å².